The number of nitrogen functional groups attached to an aromatic ring is 1. The largest absolute Gasteiger partial charge is 0.462 e. The number of ether oxygens (including phenoxy) is 1. The zero-order chi connectivity index (χ0) is 23.5. The van der Waals surface area contributed by atoms with E-state index in [1.165, 1.54) is 22.1 Å². The van der Waals surface area contributed by atoms with Crippen LogP contribution < -0.4 is 11.2 Å². The zero-order valence-corrected chi connectivity index (χ0v) is 19.9. The van der Waals surface area contributed by atoms with Crippen LogP contribution in [-0.4, -0.2) is 38.6 Å². The smallest absolute Gasteiger partial charge is 0.341 e. The van der Waals surface area contributed by atoms with Crippen molar-refractivity contribution in [2.45, 2.75) is 49.9 Å². The summed E-state index contributed by atoms with van der Waals surface area (Å²) in [5.74, 6) is 5.06. The Morgan fingerprint density at radius 1 is 1.30 bits per heavy atom. The lowest BCUT2D eigenvalue weighted by Crippen LogP contribution is -2.24. The highest BCUT2D eigenvalue weighted by Crippen LogP contribution is 2.39. The fraction of sp³-hybridized carbons (Fsp3) is 0.364. The van der Waals surface area contributed by atoms with E-state index in [2.05, 4.69) is 15.5 Å². The van der Waals surface area contributed by atoms with Gasteiger partial charge in [-0.2, -0.15) is 0 Å². The molecule has 174 valence electrons. The van der Waals surface area contributed by atoms with Gasteiger partial charge >= 0.3 is 5.97 Å². The van der Waals surface area contributed by atoms with Gasteiger partial charge in [0.25, 0.3) is 0 Å². The van der Waals surface area contributed by atoms with Gasteiger partial charge in [0, 0.05) is 4.88 Å². The van der Waals surface area contributed by atoms with Gasteiger partial charge in [0.05, 0.1) is 23.0 Å². The Morgan fingerprint density at radius 3 is 2.82 bits per heavy atom. The van der Waals surface area contributed by atoms with Gasteiger partial charge in [-0.1, -0.05) is 23.9 Å². The number of aromatic nitrogens is 3. The maximum Gasteiger partial charge on any atom is 0.341 e. The van der Waals surface area contributed by atoms with E-state index >= 15 is 0 Å². The summed E-state index contributed by atoms with van der Waals surface area (Å²) in [4.78, 5) is 26.7. The van der Waals surface area contributed by atoms with Crippen LogP contribution in [0.2, 0.25) is 0 Å². The predicted octanol–water partition coefficient (Wildman–Crippen LogP) is 4.03. The Labute approximate surface area is 198 Å². The number of benzene rings is 1. The molecule has 1 amide bonds. The van der Waals surface area contributed by atoms with Crippen molar-refractivity contribution in [3.8, 4) is 11.4 Å². The molecule has 3 N–H and O–H groups in total. The average molecular weight is 490 g/mol. The Morgan fingerprint density at radius 2 is 2.06 bits per heavy atom. The molecule has 4 rings (SSSR count). The number of hydrogen-bond acceptors (Lipinski definition) is 8. The van der Waals surface area contributed by atoms with Crippen LogP contribution in [0.4, 0.5) is 9.39 Å². The van der Waals surface area contributed by atoms with Crippen LogP contribution >= 0.6 is 23.1 Å². The van der Waals surface area contributed by atoms with E-state index in [1.807, 2.05) is 0 Å². The summed E-state index contributed by atoms with van der Waals surface area (Å²) in [6.07, 6.45) is 3.76. The number of fused-ring (bicyclic) bond motifs is 1. The number of halogens is 1. The number of esters is 1. The molecule has 1 aromatic carbocycles. The highest BCUT2D eigenvalue weighted by atomic mass is 32.2. The van der Waals surface area contributed by atoms with E-state index < -0.39 is 17.0 Å². The number of carbonyl (C=O) groups excluding carboxylic acids is 2. The van der Waals surface area contributed by atoms with Crippen molar-refractivity contribution < 1.29 is 18.7 Å². The summed E-state index contributed by atoms with van der Waals surface area (Å²) in [6.45, 7) is 3.72. The van der Waals surface area contributed by atoms with Crippen LogP contribution in [0.1, 0.15) is 47.5 Å². The van der Waals surface area contributed by atoms with Gasteiger partial charge in [-0.25, -0.2) is 13.9 Å². The van der Waals surface area contributed by atoms with Crippen LogP contribution in [0.3, 0.4) is 0 Å². The molecule has 0 saturated heterocycles. The topological polar surface area (TPSA) is 112 Å². The van der Waals surface area contributed by atoms with E-state index in [9.17, 15) is 14.0 Å². The Bertz CT molecular complexity index is 1190. The summed E-state index contributed by atoms with van der Waals surface area (Å²) in [5, 5.41) is 11.1. The second kappa shape index (κ2) is 9.92. The molecule has 1 atom stereocenters. The minimum atomic E-state index is -0.598. The van der Waals surface area contributed by atoms with Crippen molar-refractivity contribution in [1.29, 1.82) is 0 Å². The first-order valence-corrected chi connectivity index (χ1v) is 12.3. The van der Waals surface area contributed by atoms with Gasteiger partial charge in [0.15, 0.2) is 5.82 Å². The minimum absolute atomic E-state index is 0.165. The van der Waals surface area contributed by atoms with Crippen molar-refractivity contribution in [3.63, 3.8) is 0 Å². The highest BCUT2D eigenvalue weighted by Gasteiger charge is 2.29. The Balaban J connectivity index is 1.52. The molecule has 11 heteroatoms. The fourth-order valence-corrected chi connectivity index (χ4v) is 5.73. The third-order valence-electron chi connectivity index (χ3n) is 5.32. The molecule has 1 aliphatic carbocycles. The molecule has 0 aliphatic heterocycles. The number of aryl methyl sites for hydroxylation is 1. The number of anilines is 1. The molecule has 0 bridgehead atoms. The molecular weight excluding hydrogens is 465 g/mol. The number of thioether (sulfide) groups is 1. The molecule has 3 aromatic rings. The highest BCUT2D eigenvalue weighted by molar-refractivity contribution is 8.00. The number of thiophene rings is 1. The fourth-order valence-electron chi connectivity index (χ4n) is 3.68. The summed E-state index contributed by atoms with van der Waals surface area (Å²) < 4.78 is 20.5. The molecule has 0 fully saturated rings. The maximum absolute atomic E-state index is 14.1. The van der Waals surface area contributed by atoms with Crippen molar-refractivity contribution in [2.75, 3.05) is 17.8 Å². The van der Waals surface area contributed by atoms with Crippen molar-refractivity contribution >= 4 is 40.0 Å². The van der Waals surface area contributed by atoms with Gasteiger partial charge < -0.3 is 15.9 Å². The first-order valence-electron chi connectivity index (χ1n) is 10.6. The summed E-state index contributed by atoms with van der Waals surface area (Å²) in [6, 6.07) is 6.13. The van der Waals surface area contributed by atoms with Gasteiger partial charge in [-0.15, -0.1) is 21.5 Å². The van der Waals surface area contributed by atoms with Crippen LogP contribution in [0.15, 0.2) is 29.4 Å². The standard InChI is InChI=1S/C22H24FN5O3S2/c1-3-31-21(30)17-14-9-5-7-11-16(14)33-20(17)25-19(29)12(2)32-22-27-26-18(28(22)24)13-8-4-6-10-15(13)23/h4,6,8,10,12H,3,5,7,9,11,24H2,1-2H3,(H,25,29). The van der Waals surface area contributed by atoms with Crippen molar-refractivity contribution in [3.05, 3.63) is 46.1 Å². The van der Waals surface area contributed by atoms with Gasteiger partial charge in [-0.3, -0.25) is 4.79 Å². The predicted molar refractivity (Wildman–Crippen MR) is 126 cm³/mol. The second-order valence-corrected chi connectivity index (χ2v) is 9.95. The van der Waals surface area contributed by atoms with Crippen LogP contribution in [0.5, 0.6) is 0 Å². The van der Waals surface area contributed by atoms with Gasteiger partial charge in [0.1, 0.15) is 10.8 Å². The Kier molecular flexibility index (Phi) is 6.99. The SMILES string of the molecule is CCOC(=O)c1c(NC(=O)C(C)Sc2nnc(-c3ccccc3F)n2N)sc2c1CCCC2. The number of hydrogen-bond donors (Lipinski definition) is 2. The molecule has 8 nitrogen and oxygen atoms in total. The van der Waals surface area contributed by atoms with Crippen LogP contribution in [-0.2, 0) is 22.4 Å². The first-order chi connectivity index (χ1) is 15.9. The number of nitrogens with two attached hydrogens (primary N) is 1. The number of rotatable bonds is 7. The van der Waals surface area contributed by atoms with E-state index in [4.69, 9.17) is 10.6 Å². The molecule has 0 radical (unpaired) electrons. The minimum Gasteiger partial charge on any atom is -0.462 e. The summed E-state index contributed by atoms with van der Waals surface area (Å²) >= 11 is 2.53. The average Bonchev–Trinajstić information content (AvgIpc) is 3.34. The summed E-state index contributed by atoms with van der Waals surface area (Å²) in [7, 11) is 0. The Hall–Kier alpha value is -2.92. The molecule has 0 spiro atoms. The summed E-state index contributed by atoms with van der Waals surface area (Å²) in [5.41, 5.74) is 1.67. The lowest BCUT2D eigenvalue weighted by molar-refractivity contribution is -0.115. The third kappa shape index (κ3) is 4.74. The molecule has 0 saturated carbocycles. The molecule has 2 aromatic heterocycles. The molecule has 2 heterocycles. The monoisotopic (exact) mass is 489 g/mol. The number of nitrogens with one attached hydrogen (secondary N) is 1. The first kappa shape index (κ1) is 23.2. The van der Waals surface area contributed by atoms with E-state index in [-0.39, 0.29) is 29.1 Å². The molecule has 1 unspecified atom stereocenters. The van der Waals surface area contributed by atoms with E-state index in [1.54, 1.807) is 32.0 Å². The van der Waals surface area contributed by atoms with Crippen LogP contribution in [0, 0.1) is 5.82 Å². The third-order valence-corrected chi connectivity index (χ3v) is 7.58. The van der Waals surface area contributed by atoms with Crippen molar-refractivity contribution in [2.24, 2.45) is 0 Å². The lowest BCUT2D eigenvalue weighted by atomic mass is 9.95. The molecular formula is C22H24FN5O3S2. The lowest BCUT2D eigenvalue weighted by Gasteiger charge is -2.13. The number of carbonyl (C=O) groups is 2. The van der Waals surface area contributed by atoms with Crippen LogP contribution in [0.25, 0.3) is 11.4 Å². The van der Waals surface area contributed by atoms with Crippen molar-refractivity contribution in [1.82, 2.24) is 14.9 Å². The van der Waals surface area contributed by atoms with Gasteiger partial charge in [-0.05, 0) is 57.2 Å². The van der Waals surface area contributed by atoms with Gasteiger partial charge in [0.2, 0.25) is 11.1 Å². The quantitative estimate of drug-likeness (QED) is 0.293. The van der Waals surface area contributed by atoms with E-state index in [0.717, 1.165) is 47.9 Å². The second-order valence-electron chi connectivity index (χ2n) is 7.54. The van der Waals surface area contributed by atoms with E-state index in [0.29, 0.717) is 10.6 Å². The maximum atomic E-state index is 14.1. The number of nitrogens with zero attached hydrogens (tertiary/aromatic N) is 3. The molecule has 1 aliphatic rings. The number of amides is 1. The molecule has 33 heavy (non-hydrogen) atoms. The normalized spacial score (nSPS) is 13.9. The zero-order valence-electron chi connectivity index (χ0n) is 18.3.